The summed E-state index contributed by atoms with van der Waals surface area (Å²) in [6.45, 7) is 4.96. The van der Waals surface area contributed by atoms with Gasteiger partial charge in [0.05, 0.1) is 12.4 Å². The van der Waals surface area contributed by atoms with Gasteiger partial charge in [0.1, 0.15) is 5.78 Å². The van der Waals surface area contributed by atoms with Crippen LogP contribution in [0.5, 0.6) is 0 Å². The van der Waals surface area contributed by atoms with Crippen LogP contribution in [0.1, 0.15) is 27.2 Å². The molecule has 13 heavy (non-hydrogen) atoms. The number of carbonyl (C=O) groups excluding carboxylic acids is 1. The summed E-state index contributed by atoms with van der Waals surface area (Å²) in [5.74, 6) is -0.0210. The molecule has 0 aromatic heterocycles. The highest BCUT2D eigenvalue weighted by Crippen LogP contribution is 2.02. The number of hydrogen-bond donors (Lipinski definition) is 0. The Bertz CT molecular complexity index is 253. The van der Waals surface area contributed by atoms with Crippen LogP contribution in [0.25, 0.3) is 0 Å². The summed E-state index contributed by atoms with van der Waals surface area (Å²) in [7, 11) is -3.43. The molecule has 4 nitrogen and oxygen atoms in total. The summed E-state index contributed by atoms with van der Waals surface area (Å²) < 4.78 is 26.8. The highest BCUT2D eigenvalue weighted by atomic mass is 32.2. The molecule has 0 aromatic carbocycles. The third kappa shape index (κ3) is 7.93. The predicted molar refractivity (Wildman–Crippen MR) is 49.9 cm³/mol. The SMILES string of the molecule is CC(=O)CCOS(=O)(=O)CC(C)C. The Morgan fingerprint density at radius 1 is 1.38 bits per heavy atom. The maximum absolute atomic E-state index is 11.1. The van der Waals surface area contributed by atoms with Crippen molar-refractivity contribution in [3.8, 4) is 0 Å². The van der Waals surface area contributed by atoms with Crippen molar-refractivity contribution in [3.63, 3.8) is 0 Å². The van der Waals surface area contributed by atoms with E-state index in [2.05, 4.69) is 4.18 Å². The number of ketones is 1. The van der Waals surface area contributed by atoms with Gasteiger partial charge in [-0.1, -0.05) is 13.8 Å². The smallest absolute Gasteiger partial charge is 0.267 e. The average Bonchev–Trinajstić information content (AvgIpc) is 1.81. The second-order valence-corrected chi connectivity index (χ2v) is 5.08. The van der Waals surface area contributed by atoms with Crippen LogP contribution in [0.15, 0.2) is 0 Å². The highest BCUT2D eigenvalue weighted by molar-refractivity contribution is 7.86. The van der Waals surface area contributed by atoms with E-state index in [1.807, 2.05) is 0 Å². The summed E-state index contributed by atoms with van der Waals surface area (Å²) >= 11 is 0. The topological polar surface area (TPSA) is 60.4 Å². The zero-order valence-electron chi connectivity index (χ0n) is 8.24. The van der Waals surface area contributed by atoms with E-state index in [0.717, 1.165) is 0 Å². The normalized spacial score (nSPS) is 12.0. The molecule has 0 aliphatic rings. The van der Waals surface area contributed by atoms with Gasteiger partial charge in [-0.15, -0.1) is 0 Å². The average molecular weight is 208 g/mol. The molecule has 0 saturated carbocycles. The van der Waals surface area contributed by atoms with Crippen LogP contribution in [-0.2, 0) is 19.1 Å². The van der Waals surface area contributed by atoms with Crippen molar-refractivity contribution in [1.29, 1.82) is 0 Å². The van der Waals surface area contributed by atoms with Gasteiger partial charge in [-0.25, -0.2) is 0 Å². The predicted octanol–water partition coefficient (Wildman–Crippen LogP) is 0.968. The Morgan fingerprint density at radius 3 is 2.31 bits per heavy atom. The van der Waals surface area contributed by atoms with Gasteiger partial charge in [-0.2, -0.15) is 8.42 Å². The van der Waals surface area contributed by atoms with E-state index in [1.165, 1.54) is 6.92 Å². The van der Waals surface area contributed by atoms with E-state index in [9.17, 15) is 13.2 Å². The van der Waals surface area contributed by atoms with Crippen LogP contribution in [0.2, 0.25) is 0 Å². The summed E-state index contributed by atoms with van der Waals surface area (Å²) in [6, 6.07) is 0. The molecule has 78 valence electrons. The monoisotopic (exact) mass is 208 g/mol. The minimum absolute atomic E-state index is 0.00487. The molecule has 0 aromatic rings. The first-order chi connectivity index (χ1) is 5.83. The van der Waals surface area contributed by atoms with Crippen molar-refractivity contribution in [2.24, 2.45) is 5.92 Å². The number of rotatable bonds is 6. The third-order valence-corrected chi connectivity index (χ3v) is 2.86. The van der Waals surface area contributed by atoms with E-state index in [4.69, 9.17) is 0 Å². The van der Waals surface area contributed by atoms with Gasteiger partial charge in [0.15, 0.2) is 0 Å². The van der Waals surface area contributed by atoms with Crippen LogP contribution in [-0.4, -0.2) is 26.6 Å². The van der Waals surface area contributed by atoms with Gasteiger partial charge in [0.2, 0.25) is 0 Å². The van der Waals surface area contributed by atoms with Crippen molar-refractivity contribution < 1.29 is 17.4 Å². The van der Waals surface area contributed by atoms with Gasteiger partial charge < -0.3 is 0 Å². The Morgan fingerprint density at radius 2 is 1.92 bits per heavy atom. The van der Waals surface area contributed by atoms with Crippen molar-refractivity contribution in [2.75, 3.05) is 12.4 Å². The number of Topliss-reactive ketones (excluding diaryl/α,β-unsaturated/α-hetero) is 1. The first-order valence-electron chi connectivity index (χ1n) is 4.20. The molecule has 0 saturated heterocycles. The first kappa shape index (κ1) is 12.6. The molecule has 5 heteroatoms. The molecule has 0 N–H and O–H groups in total. The van der Waals surface area contributed by atoms with E-state index in [1.54, 1.807) is 13.8 Å². The van der Waals surface area contributed by atoms with E-state index >= 15 is 0 Å². The maximum atomic E-state index is 11.1. The summed E-state index contributed by atoms with van der Waals surface area (Å²) in [5.41, 5.74) is 0. The fourth-order valence-corrected chi connectivity index (χ4v) is 2.02. The lowest BCUT2D eigenvalue weighted by atomic mass is 10.3. The first-order valence-corrected chi connectivity index (χ1v) is 5.78. The minimum atomic E-state index is -3.43. The Balaban J connectivity index is 3.84. The maximum Gasteiger partial charge on any atom is 0.267 e. The Labute approximate surface area is 79.4 Å². The molecule has 0 rings (SSSR count). The fraction of sp³-hybridized carbons (Fsp3) is 0.875. The van der Waals surface area contributed by atoms with Crippen molar-refractivity contribution in [2.45, 2.75) is 27.2 Å². The largest absolute Gasteiger partial charge is 0.300 e. The lowest BCUT2D eigenvalue weighted by Gasteiger charge is -2.06. The molecule has 0 amide bonds. The second kappa shape index (κ2) is 5.34. The lowest BCUT2D eigenvalue weighted by Crippen LogP contribution is -2.16. The van der Waals surface area contributed by atoms with E-state index in [0.29, 0.717) is 0 Å². The van der Waals surface area contributed by atoms with Gasteiger partial charge >= 0.3 is 0 Å². The highest BCUT2D eigenvalue weighted by Gasteiger charge is 2.13. The van der Waals surface area contributed by atoms with Crippen molar-refractivity contribution in [3.05, 3.63) is 0 Å². The molecule has 0 bridgehead atoms. The minimum Gasteiger partial charge on any atom is -0.300 e. The second-order valence-electron chi connectivity index (χ2n) is 3.39. The molecule has 0 aliphatic heterocycles. The Kier molecular flexibility index (Phi) is 5.17. The molecular weight excluding hydrogens is 192 g/mol. The fourth-order valence-electron chi connectivity index (χ4n) is 0.769. The van der Waals surface area contributed by atoms with E-state index < -0.39 is 10.1 Å². The molecule has 0 heterocycles. The lowest BCUT2D eigenvalue weighted by molar-refractivity contribution is -0.117. The van der Waals surface area contributed by atoms with Gasteiger partial charge in [0, 0.05) is 6.42 Å². The quantitative estimate of drug-likeness (QED) is 0.610. The number of carbonyl (C=O) groups is 1. The van der Waals surface area contributed by atoms with Gasteiger partial charge in [0.25, 0.3) is 10.1 Å². The molecular formula is C8H16O4S. The van der Waals surface area contributed by atoms with Gasteiger partial charge in [-0.05, 0) is 12.8 Å². The van der Waals surface area contributed by atoms with Crippen LogP contribution < -0.4 is 0 Å². The van der Waals surface area contributed by atoms with Crippen LogP contribution >= 0.6 is 0 Å². The van der Waals surface area contributed by atoms with Crippen molar-refractivity contribution >= 4 is 15.9 Å². The van der Waals surface area contributed by atoms with Crippen LogP contribution in [0.4, 0.5) is 0 Å². The van der Waals surface area contributed by atoms with Crippen LogP contribution in [0.3, 0.4) is 0 Å². The zero-order valence-corrected chi connectivity index (χ0v) is 9.06. The van der Waals surface area contributed by atoms with Crippen LogP contribution in [0, 0.1) is 5.92 Å². The Hall–Kier alpha value is -0.420. The molecule has 0 spiro atoms. The molecule has 0 radical (unpaired) electrons. The summed E-state index contributed by atoms with van der Waals surface area (Å²) in [6.07, 6.45) is 0.150. The zero-order chi connectivity index (χ0) is 10.5. The standard InChI is InChI=1S/C8H16O4S/c1-7(2)6-13(10,11)12-5-4-8(3)9/h7H,4-6H2,1-3H3. The molecule has 0 unspecified atom stereocenters. The van der Waals surface area contributed by atoms with Gasteiger partial charge in [-0.3, -0.25) is 8.98 Å². The number of hydrogen-bond acceptors (Lipinski definition) is 4. The molecule has 0 atom stereocenters. The van der Waals surface area contributed by atoms with Crippen molar-refractivity contribution in [1.82, 2.24) is 0 Å². The van der Waals surface area contributed by atoms with E-state index in [-0.39, 0.29) is 30.5 Å². The summed E-state index contributed by atoms with van der Waals surface area (Å²) in [4.78, 5) is 10.5. The molecule has 0 fully saturated rings. The summed E-state index contributed by atoms with van der Waals surface area (Å²) in [5, 5.41) is 0. The third-order valence-electron chi connectivity index (χ3n) is 1.25. The molecule has 0 aliphatic carbocycles.